The molecular weight excluding hydrogens is 344 g/mol. The first-order chi connectivity index (χ1) is 13.3. The monoisotopic (exact) mass is 368 g/mol. The third-order valence-corrected chi connectivity index (χ3v) is 5.94. The first-order valence-electron chi connectivity index (χ1n) is 9.89. The number of hydrogen-bond donors (Lipinski definition) is 0. The first kappa shape index (κ1) is 16.8. The van der Waals surface area contributed by atoms with Crippen LogP contribution in [-0.4, -0.2) is 28.5 Å². The van der Waals surface area contributed by atoms with Crippen LogP contribution in [0, 0.1) is 0 Å². The molecule has 1 saturated carbocycles. The largest absolute Gasteiger partial charge is 0.448 e. The second kappa shape index (κ2) is 6.68. The normalized spacial score (nSPS) is 24.2. The van der Waals surface area contributed by atoms with Crippen molar-refractivity contribution in [3.63, 3.8) is 0 Å². The minimum absolute atomic E-state index is 0.0443. The predicted octanol–water partition coefficient (Wildman–Crippen LogP) is 4.22. The summed E-state index contributed by atoms with van der Waals surface area (Å²) in [6.07, 6.45) is 9.26. The van der Waals surface area contributed by atoms with Crippen LogP contribution < -0.4 is 9.47 Å². The summed E-state index contributed by atoms with van der Waals surface area (Å²) < 4.78 is 19.9. The first-order valence-corrected chi connectivity index (χ1v) is 9.89. The van der Waals surface area contributed by atoms with Crippen molar-refractivity contribution in [1.29, 1.82) is 0 Å². The Hall–Kier alpha value is -2.34. The lowest BCUT2D eigenvalue weighted by atomic mass is 9.82. The molecule has 2 aromatic rings. The number of para-hydroxylation sites is 2. The minimum atomic E-state index is -0.559. The maximum absolute atomic E-state index is 11.6. The zero-order valence-electron chi connectivity index (χ0n) is 15.3. The average Bonchev–Trinajstić information content (AvgIpc) is 3.30. The van der Waals surface area contributed by atoms with Crippen LogP contribution in [0.2, 0.25) is 0 Å². The molecule has 2 aliphatic heterocycles. The summed E-state index contributed by atoms with van der Waals surface area (Å²) in [5, 5.41) is 4.76. The van der Waals surface area contributed by atoms with Crippen LogP contribution in [0.4, 0.5) is 0 Å². The smallest absolute Gasteiger partial charge is 0.251 e. The van der Waals surface area contributed by atoms with E-state index in [0.29, 0.717) is 5.56 Å². The van der Waals surface area contributed by atoms with Gasteiger partial charge in [0.2, 0.25) is 0 Å². The highest BCUT2D eigenvalue weighted by molar-refractivity contribution is 5.76. The van der Waals surface area contributed by atoms with E-state index >= 15 is 0 Å². The topological polar surface area (TPSA) is 62.6 Å². The van der Waals surface area contributed by atoms with E-state index in [1.54, 1.807) is 0 Å². The van der Waals surface area contributed by atoms with E-state index in [9.17, 15) is 4.79 Å². The maximum atomic E-state index is 11.6. The summed E-state index contributed by atoms with van der Waals surface area (Å²) in [6, 6.07) is 7.82. The fourth-order valence-electron chi connectivity index (χ4n) is 4.48. The molecule has 1 unspecified atom stereocenters. The number of carbonyl (C=O) groups excluding carboxylic acids is 1. The highest BCUT2D eigenvalue weighted by atomic mass is 16.7. The van der Waals surface area contributed by atoms with Crippen molar-refractivity contribution in [3.8, 4) is 11.5 Å². The van der Waals surface area contributed by atoms with Gasteiger partial charge in [0.15, 0.2) is 17.8 Å². The minimum Gasteiger partial charge on any atom is -0.448 e. The molecule has 3 heterocycles. The molecule has 27 heavy (non-hydrogen) atoms. The molecule has 0 amide bonds. The Morgan fingerprint density at radius 1 is 1.07 bits per heavy atom. The zero-order valence-corrected chi connectivity index (χ0v) is 15.3. The van der Waals surface area contributed by atoms with Crippen molar-refractivity contribution >= 4 is 6.29 Å². The fraction of sp³-hybridized carbons (Fsp3) is 0.524. The van der Waals surface area contributed by atoms with Crippen molar-refractivity contribution in [2.24, 2.45) is 0 Å². The van der Waals surface area contributed by atoms with Gasteiger partial charge in [-0.2, -0.15) is 5.10 Å². The molecule has 1 aromatic heterocycles. The van der Waals surface area contributed by atoms with Gasteiger partial charge in [0.05, 0.1) is 11.3 Å². The number of aromatic nitrogens is 2. The Morgan fingerprint density at radius 3 is 2.44 bits per heavy atom. The maximum Gasteiger partial charge on any atom is 0.251 e. The molecule has 0 radical (unpaired) electrons. The molecule has 1 aromatic carbocycles. The van der Waals surface area contributed by atoms with Gasteiger partial charge in [-0.05, 0) is 44.2 Å². The Labute approximate surface area is 158 Å². The van der Waals surface area contributed by atoms with E-state index in [4.69, 9.17) is 19.3 Å². The van der Waals surface area contributed by atoms with Crippen molar-refractivity contribution < 1.29 is 19.0 Å². The third kappa shape index (κ3) is 3.02. The number of nitrogens with zero attached hydrogens (tertiary/aromatic N) is 2. The van der Waals surface area contributed by atoms with E-state index in [1.165, 1.54) is 0 Å². The molecule has 1 saturated heterocycles. The molecule has 1 aliphatic carbocycles. The van der Waals surface area contributed by atoms with Crippen molar-refractivity contribution in [1.82, 2.24) is 9.78 Å². The number of fused-ring (bicyclic) bond motifs is 1. The predicted molar refractivity (Wildman–Crippen MR) is 98.1 cm³/mol. The van der Waals surface area contributed by atoms with E-state index in [-0.39, 0.29) is 12.1 Å². The highest BCUT2D eigenvalue weighted by Crippen LogP contribution is 2.48. The fourth-order valence-corrected chi connectivity index (χ4v) is 4.48. The van der Waals surface area contributed by atoms with Gasteiger partial charge in [-0.25, -0.2) is 4.68 Å². The van der Waals surface area contributed by atoms with E-state index in [2.05, 4.69) is 0 Å². The van der Waals surface area contributed by atoms with Gasteiger partial charge in [0, 0.05) is 31.6 Å². The Balaban J connectivity index is 1.31. The van der Waals surface area contributed by atoms with Crippen LogP contribution in [0.5, 0.6) is 11.5 Å². The van der Waals surface area contributed by atoms with Crippen molar-refractivity contribution in [2.75, 3.05) is 6.61 Å². The average molecular weight is 368 g/mol. The van der Waals surface area contributed by atoms with E-state index < -0.39 is 5.79 Å². The van der Waals surface area contributed by atoms with Gasteiger partial charge in [-0.1, -0.05) is 12.1 Å². The number of benzene rings is 1. The van der Waals surface area contributed by atoms with E-state index in [1.807, 2.05) is 35.1 Å². The molecule has 6 heteroatoms. The highest BCUT2D eigenvalue weighted by Gasteiger charge is 2.45. The number of hydrogen-bond acceptors (Lipinski definition) is 5. The Kier molecular flexibility index (Phi) is 4.16. The van der Waals surface area contributed by atoms with Crippen LogP contribution >= 0.6 is 0 Å². The van der Waals surface area contributed by atoms with Crippen LogP contribution in [-0.2, 0) is 4.74 Å². The summed E-state index contributed by atoms with van der Waals surface area (Å²) in [4.78, 5) is 11.6. The molecule has 6 nitrogen and oxygen atoms in total. The SMILES string of the molecule is O=Cc1cn(C2CCCCO2)nc1C1CCC2(CC1)Oc1ccccc1O2. The molecule has 1 spiro atoms. The molecule has 0 bridgehead atoms. The molecule has 142 valence electrons. The van der Waals surface area contributed by atoms with E-state index in [0.717, 1.165) is 75.0 Å². The van der Waals surface area contributed by atoms with Gasteiger partial charge >= 0.3 is 0 Å². The summed E-state index contributed by atoms with van der Waals surface area (Å²) in [5.41, 5.74) is 1.58. The lowest BCUT2D eigenvalue weighted by Crippen LogP contribution is -2.42. The number of rotatable bonds is 3. The molecule has 0 N–H and O–H groups in total. The molecular formula is C21H24N2O4. The molecule has 5 rings (SSSR count). The Morgan fingerprint density at radius 2 is 1.81 bits per heavy atom. The lowest BCUT2D eigenvalue weighted by Gasteiger charge is -2.34. The lowest BCUT2D eigenvalue weighted by molar-refractivity contribution is -0.108. The van der Waals surface area contributed by atoms with Crippen LogP contribution in [0.15, 0.2) is 30.5 Å². The van der Waals surface area contributed by atoms with Gasteiger partial charge in [-0.3, -0.25) is 4.79 Å². The van der Waals surface area contributed by atoms with Crippen molar-refractivity contribution in [3.05, 3.63) is 41.7 Å². The van der Waals surface area contributed by atoms with Gasteiger partial charge in [0.25, 0.3) is 5.79 Å². The number of carbonyl (C=O) groups is 1. The standard InChI is InChI=1S/C21H24N2O4/c24-14-16-13-23(19-7-3-4-12-25-19)22-20(16)15-8-10-21(11-9-15)26-17-5-1-2-6-18(17)27-21/h1-2,5-6,13-15,19H,3-4,7-12H2. The van der Waals surface area contributed by atoms with Crippen LogP contribution in [0.3, 0.4) is 0 Å². The molecule has 1 atom stereocenters. The third-order valence-electron chi connectivity index (χ3n) is 5.94. The molecule has 2 fully saturated rings. The quantitative estimate of drug-likeness (QED) is 0.759. The van der Waals surface area contributed by atoms with Crippen LogP contribution in [0.1, 0.15) is 73.1 Å². The molecule has 3 aliphatic rings. The summed E-state index contributed by atoms with van der Waals surface area (Å²) in [6.45, 7) is 0.761. The number of aldehydes is 1. The second-order valence-corrected chi connectivity index (χ2v) is 7.72. The van der Waals surface area contributed by atoms with Gasteiger partial charge < -0.3 is 14.2 Å². The summed E-state index contributed by atoms with van der Waals surface area (Å²) in [5.74, 6) is 1.33. The summed E-state index contributed by atoms with van der Waals surface area (Å²) in [7, 11) is 0. The van der Waals surface area contributed by atoms with Crippen molar-refractivity contribution in [2.45, 2.75) is 62.9 Å². The van der Waals surface area contributed by atoms with Gasteiger partial charge in [0.1, 0.15) is 6.23 Å². The zero-order chi connectivity index (χ0) is 18.3. The summed E-state index contributed by atoms with van der Waals surface area (Å²) >= 11 is 0. The van der Waals surface area contributed by atoms with Gasteiger partial charge in [-0.15, -0.1) is 0 Å². The second-order valence-electron chi connectivity index (χ2n) is 7.72. The number of ether oxygens (including phenoxy) is 3. The van der Waals surface area contributed by atoms with Crippen LogP contribution in [0.25, 0.3) is 0 Å². The Bertz CT molecular complexity index is 805.